The molecule has 31 heavy (non-hydrogen) atoms. The number of aryl methyl sites for hydroxylation is 2. The monoisotopic (exact) mass is 521 g/mol. The second kappa shape index (κ2) is 9.80. The van der Waals surface area contributed by atoms with E-state index in [0.29, 0.717) is 5.69 Å². The molecule has 162 valence electrons. The molecule has 3 aromatic rings. The van der Waals surface area contributed by atoms with Crippen LogP contribution in [0, 0.1) is 6.92 Å². The average molecular weight is 522 g/mol. The van der Waals surface area contributed by atoms with Crippen molar-refractivity contribution < 1.29 is 13.2 Å². The number of hydrogen-bond acceptors (Lipinski definition) is 6. The molecule has 1 amide bonds. The number of thioether (sulfide) groups is 1. The largest absolute Gasteiger partial charge is 0.325 e. The quantitative estimate of drug-likeness (QED) is 0.359. The lowest BCUT2D eigenvalue weighted by Gasteiger charge is -2.08. The first-order chi connectivity index (χ1) is 14.7. The van der Waals surface area contributed by atoms with Gasteiger partial charge in [-0.1, -0.05) is 46.7 Å². The molecule has 0 saturated carbocycles. The normalized spacial score (nSPS) is 11.3. The number of carbonyl (C=O) groups excluding carboxylic acids is 1. The van der Waals surface area contributed by atoms with E-state index in [-0.39, 0.29) is 21.7 Å². The highest BCUT2D eigenvalue weighted by atomic mass is 79.9. The highest BCUT2D eigenvalue weighted by molar-refractivity contribution is 9.10. The molecular weight excluding hydrogens is 502 g/mol. The lowest BCUT2D eigenvalue weighted by atomic mass is 10.1. The summed E-state index contributed by atoms with van der Waals surface area (Å²) in [5.74, 6) is -0.250. The van der Waals surface area contributed by atoms with Crippen LogP contribution in [0.1, 0.15) is 18.1 Å². The summed E-state index contributed by atoms with van der Waals surface area (Å²) < 4.78 is 26.4. The molecular formula is C21H20BrN3O4S2. The van der Waals surface area contributed by atoms with Crippen molar-refractivity contribution in [2.24, 2.45) is 0 Å². The van der Waals surface area contributed by atoms with E-state index in [1.807, 2.05) is 25.1 Å². The molecule has 1 aromatic heterocycles. The fourth-order valence-corrected chi connectivity index (χ4v) is 4.94. The summed E-state index contributed by atoms with van der Waals surface area (Å²) in [6, 6.07) is 12.1. The standard InChI is InChI=1S/C21H20BrN3O4S2/c1-3-14-5-4-6-15(10-14)24-19(26)12-30-21-23-11-18(20(27)25-21)31(28,29)16-7-8-17(22)13(2)9-16/h4-11H,3,12H2,1-2H3,(H,24,26)(H,23,25,27). The van der Waals surface area contributed by atoms with E-state index in [4.69, 9.17) is 0 Å². The second-order valence-electron chi connectivity index (χ2n) is 6.69. The van der Waals surface area contributed by atoms with E-state index in [9.17, 15) is 18.0 Å². The van der Waals surface area contributed by atoms with Crippen LogP contribution in [0.15, 0.2) is 72.9 Å². The molecule has 0 unspecified atom stereocenters. The number of amides is 1. The Morgan fingerprint density at radius 1 is 1.23 bits per heavy atom. The smallest absolute Gasteiger partial charge is 0.270 e. The lowest BCUT2D eigenvalue weighted by Crippen LogP contribution is -2.20. The zero-order valence-electron chi connectivity index (χ0n) is 16.8. The number of anilines is 1. The molecule has 0 radical (unpaired) electrons. The first-order valence-electron chi connectivity index (χ1n) is 9.33. The van der Waals surface area contributed by atoms with Crippen LogP contribution >= 0.6 is 27.7 Å². The topological polar surface area (TPSA) is 109 Å². The molecule has 2 N–H and O–H groups in total. The predicted molar refractivity (Wildman–Crippen MR) is 124 cm³/mol. The van der Waals surface area contributed by atoms with E-state index in [0.717, 1.165) is 40.0 Å². The number of H-pyrrole nitrogens is 1. The van der Waals surface area contributed by atoms with E-state index < -0.39 is 20.3 Å². The number of benzene rings is 2. The van der Waals surface area contributed by atoms with Gasteiger partial charge in [-0.15, -0.1) is 0 Å². The maximum Gasteiger partial charge on any atom is 0.270 e. The van der Waals surface area contributed by atoms with Crippen LogP contribution < -0.4 is 10.9 Å². The second-order valence-corrected chi connectivity index (χ2v) is 10.4. The molecule has 0 fully saturated rings. The maximum absolute atomic E-state index is 12.8. The van der Waals surface area contributed by atoms with E-state index in [1.165, 1.54) is 12.1 Å². The van der Waals surface area contributed by atoms with Crippen LogP contribution in [0.4, 0.5) is 5.69 Å². The van der Waals surface area contributed by atoms with Crippen LogP contribution in [-0.2, 0) is 21.1 Å². The van der Waals surface area contributed by atoms with Gasteiger partial charge in [0.05, 0.1) is 16.8 Å². The average Bonchev–Trinajstić information content (AvgIpc) is 2.74. The molecule has 3 rings (SSSR count). The van der Waals surface area contributed by atoms with Gasteiger partial charge in [0.15, 0.2) is 10.1 Å². The van der Waals surface area contributed by atoms with E-state index in [1.54, 1.807) is 19.1 Å². The number of nitrogens with one attached hydrogen (secondary N) is 2. The fraction of sp³-hybridized carbons (Fsp3) is 0.190. The molecule has 0 aliphatic heterocycles. The number of rotatable bonds is 7. The van der Waals surface area contributed by atoms with Crippen molar-refractivity contribution in [3.63, 3.8) is 0 Å². The minimum absolute atomic E-state index is 0.00888. The van der Waals surface area contributed by atoms with Gasteiger partial charge in [-0.05, 0) is 54.8 Å². The van der Waals surface area contributed by atoms with Gasteiger partial charge in [0.2, 0.25) is 15.7 Å². The molecule has 0 spiro atoms. The first kappa shape index (κ1) is 23.2. The lowest BCUT2D eigenvalue weighted by molar-refractivity contribution is -0.113. The van der Waals surface area contributed by atoms with Crippen LogP contribution in [-0.4, -0.2) is 30.0 Å². The van der Waals surface area contributed by atoms with Crippen molar-refractivity contribution in [3.05, 3.63) is 74.6 Å². The van der Waals surface area contributed by atoms with E-state index >= 15 is 0 Å². The summed E-state index contributed by atoms with van der Waals surface area (Å²) in [6.45, 7) is 3.79. The van der Waals surface area contributed by atoms with Crippen LogP contribution in [0.25, 0.3) is 0 Å². The Bertz CT molecular complexity index is 1290. The Balaban J connectivity index is 1.71. The summed E-state index contributed by atoms with van der Waals surface area (Å²) in [6.07, 6.45) is 1.88. The van der Waals surface area contributed by atoms with Gasteiger partial charge in [0.1, 0.15) is 0 Å². The number of aromatic nitrogens is 2. The Morgan fingerprint density at radius 2 is 2.00 bits per heavy atom. The van der Waals surface area contributed by atoms with Crippen LogP contribution in [0.2, 0.25) is 0 Å². The Morgan fingerprint density at radius 3 is 2.68 bits per heavy atom. The van der Waals surface area contributed by atoms with Crippen molar-refractivity contribution in [2.75, 3.05) is 11.1 Å². The fourth-order valence-electron chi connectivity index (χ4n) is 2.74. The van der Waals surface area contributed by atoms with Crippen molar-refractivity contribution in [2.45, 2.75) is 35.2 Å². The third kappa shape index (κ3) is 5.63. The number of aromatic amines is 1. The number of halogens is 1. The zero-order chi connectivity index (χ0) is 22.6. The highest BCUT2D eigenvalue weighted by Crippen LogP contribution is 2.24. The van der Waals surface area contributed by atoms with Gasteiger partial charge in [0.25, 0.3) is 5.56 Å². The predicted octanol–water partition coefficient (Wildman–Crippen LogP) is 3.97. The molecule has 2 aromatic carbocycles. The molecule has 0 saturated heterocycles. The molecule has 10 heteroatoms. The summed E-state index contributed by atoms with van der Waals surface area (Å²) in [5, 5.41) is 2.95. The zero-order valence-corrected chi connectivity index (χ0v) is 20.0. The SMILES string of the molecule is CCc1cccc(NC(=O)CSc2ncc(S(=O)(=O)c3ccc(Br)c(C)c3)c(=O)[nH]2)c1. The molecule has 1 heterocycles. The minimum Gasteiger partial charge on any atom is -0.325 e. The van der Waals surface area contributed by atoms with Crippen molar-refractivity contribution in [3.8, 4) is 0 Å². The minimum atomic E-state index is -4.02. The molecule has 0 bridgehead atoms. The van der Waals surface area contributed by atoms with Crippen LogP contribution in [0.3, 0.4) is 0 Å². The van der Waals surface area contributed by atoms with E-state index in [2.05, 4.69) is 31.2 Å². The summed E-state index contributed by atoms with van der Waals surface area (Å²) in [4.78, 5) is 30.6. The third-order valence-corrected chi connectivity index (χ3v) is 7.95. The summed E-state index contributed by atoms with van der Waals surface area (Å²) >= 11 is 4.33. The van der Waals surface area contributed by atoms with Gasteiger partial charge in [0, 0.05) is 10.2 Å². The van der Waals surface area contributed by atoms with Crippen molar-refractivity contribution in [1.29, 1.82) is 0 Å². The number of nitrogens with zero attached hydrogens (tertiary/aromatic N) is 1. The van der Waals surface area contributed by atoms with Crippen molar-refractivity contribution >= 4 is 49.1 Å². The Kier molecular flexibility index (Phi) is 7.34. The molecule has 7 nitrogen and oxygen atoms in total. The molecule has 0 aliphatic carbocycles. The number of carbonyl (C=O) groups is 1. The van der Waals surface area contributed by atoms with Gasteiger partial charge in [-0.25, -0.2) is 13.4 Å². The van der Waals surface area contributed by atoms with Gasteiger partial charge >= 0.3 is 0 Å². The number of hydrogen-bond donors (Lipinski definition) is 2. The van der Waals surface area contributed by atoms with Gasteiger partial charge in [-0.3, -0.25) is 9.59 Å². The third-order valence-electron chi connectivity index (χ3n) is 4.43. The molecule has 0 aliphatic rings. The summed E-state index contributed by atoms with van der Waals surface area (Å²) in [5.41, 5.74) is 1.74. The Hall–Kier alpha value is -2.43. The van der Waals surface area contributed by atoms with Gasteiger partial charge in [-0.2, -0.15) is 0 Å². The van der Waals surface area contributed by atoms with Gasteiger partial charge < -0.3 is 10.3 Å². The maximum atomic E-state index is 12.8. The van der Waals surface area contributed by atoms with Crippen molar-refractivity contribution in [1.82, 2.24) is 9.97 Å². The highest BCUT2D eigenvalue weighted by Gasteiger charge is 2.23. The van der Waals surface area contributed by atoms with Crippen LogP contribution in [0.5, 0.6) is 0 Å². The first-order valence-corrected chi connectivity index (χ1v) is 12.6. The summed E-state index contributed by atoms with van der Waals surface area (Å²) in [7, 11) is -4.02. The number of sulfone groups is 1. The molecule has 0 atom stereocenters. The Labute approximate surface area is 192 Å².